The highest BCUT2D eigenvalue weighted by Crippen LogP contribution is 2.27. The Morgan fingerprint density at radius 2 is 1.52 bits per heavy atom. The molecule has 1 N–H and O–H groups in total. The molecule has 31 heavy (non-hydrogen) atoms. The van der Waals surface area contributed by atoms with Crippen LogP contribution >= 0.6 is 0 Å². The number of para-hydroxylation sites is 1. The lowest BCUT2D eigenvalue weighted by atomic mass is 10.0. The fourth-order valence-electron chi connectivity index (χ4n) is 4.35. The van der Waals surface area contributed by atoms with Crippen LogP contribution in [0.2, 0.25) is 0 Å². The molecule has 1 atom stereocenters. The molecule has 4 aromatic rings. The second-order valence-corrected chi connectivity index (χ2v) is 8.02. The molecule has 0 amide bonds. The summed E-state index contributed by atoms with van der Waals surface area (Å²) in [6.07, 6.45) is 1.03. The van der Waals surface area contributed by atoms with Gasteiger partial charge >= 0.3 is 0 Å². The van der Waals surface area contributed by atoms with Gasteiger partial charge in [-0.1, -0.05) is 84.1 Å². The van der Waals surface area contributed by atoms with E-state index in [4.69, 9.17) is 0 Å². The van der Waals surface area contributed by atoms with Crippen molar-refractivity contribution in [2.75, 3.05) is 19.6 Å². The Kier molecular flexibility index (Phi) is 5.87. The van der Waals surface area contributed by atoms with E-state index in [1.54, 1.807) is 0 Å². The van der Waals surface area contributed by atoms with E-state index < -0.39 is 0 Å². The highest BCUT2D eigenvalue weighted by Gasteiger charge is 2.26. The molecule has 1 aliphatic heterocycles. The molecule has 5 heteroatoms. The Hall–Kier alpha value is -3.28. The maximum atomic E-state index is 4.66. The zero-order valence-corrected chi connectivity index (χ0v) is 17.6. The van der Waals surface area contributed by atoms with Crippen molar-refractivity contribution in [3.05, 3.63) is 102 Å². The Labute approximate surface area is 183 Å². The lowest BCUT2D eigenvalue weighted by Gasteiger charge is -2.36. The van der Waals surface area contributed by atoms with Gasteiger partial charge in [0, 0.05) is 37.8 Å². The molecule has 0 radical (unpaired) electrons. The van der Waals surface area contributed by atoms with Gasteiger partial charge < -0.3 is 5.32 Å². The third-order valence-electron chi connectivity index (χ3n) is 5.93. The molecule has 0 aliphatic carbocycles. The number of piperazine rings is 1. The van der Waals surface area contributed by atoms with Crippen LogP contribution in [0.15, 0.2) is 91.0 Å². The zero-order chi connectivity index (χ0) is 20.9. The van der Waals surface area contributed by atoms with Crippen LogP contribution in [0, 0.1) is 0 Å². The molecule has 5 rings (SSSR count). The van der Waals surface area contributed by atoms with Crippen LogP contribution in [-0.2, 0) is 13.0 Å². The molecule has 0 saturated carbocycles. The largest absolute Gasteiger partial charge is 0.314 e. The van der Waals surface area contributed by atoms with Gasteiger partial charge in [-0.2, -0.15) is 0 Å². The summed E-state index contributed by atoms with van der Waals surface area (Å²) in [6.45, 7) is 3.78. The van der Waals surface area contributed by atoms with E-state index in [2.05, 4.69) is 87.3 Å². The molecule has 0 bridgehead atoms. The van der Waals surface area contributed by atoms with Crippen molar-refractivity contribution in [1.82, 2.24) is 25.2 Å². The van der Waals surface area contributed by atoms with Gasteiger partial charge in [0.15, 0.2) is 0 Å². The Morgan fingerprint density at radius 3 is 2.26 bits per heavy atom. The van der Waals surface area contributed by atoms with Gasteiger partial charge in [-0.3, -0.25) is 4.90 Å². The first-order valence-electron chi connectivity index (χ1n) is 10.9. The number of aromatic nitrogens is 3. The van der Waals surface area contributed by atoms with E-state index in [0.29, 0.717) is 6.04 Å². The van der Waals surface area contributed by atoms with Crippen molar-refractivity contribution in [2.24, 2.45) is 0 Å². The molecule has 0 unspecified atom stereocenters. The van der Waals surface area contributed by atoms with Crippen LogP contribution in [-0.4, -0.2) is 45.6 Å². The standard InChI is InChI=1S/C26H27N5/c1-4-10-21(11-5-1)18-24-19-27-16-17-30(24)20-25-26(22-12-6-2-7-13-22)31(29-28-25)23-14-8-3-9-15-23/h1-15,24,27H,16-20H2/t24-/m1/s1. The van der Waals surface area contributed by atoms with Gasteiger partial charge in [0.1, 0.15) is 5.69 Å². The number of benzene rings is 3. The molecule has 1 aromatic heterocycles. The van der Waals surface area contributed by atoms with E-state index in [9.17, 15) is 0 Å². The molecule has 5 nitrogen and oxygen atoms in total. The summed E-state index contributed by atoms with van der Waals surface area (Å²) in [4.78, 5) is 2.55. The monoisotopic (exact) mass is 409 g/mol. The van der Waals surface area contributed by atoms with Gasteiger partial charge in [-0.25, -0.2) is 4.68 Å². The van der Waals surface area contributed by atoms with E-state index >= 15 is 0 Å². The van der Waals surface area contributed by atoms with Crippen LogP contribution in [0.3, 0.4) is 0 Å². The number of nitrogens with zero attached hydrogens (tertiary/aromatic N) is 4. The van der Waals surface area contributed by atoms with E-state index in [-0.39, 0.29) is 0 Å². The van der Waals surface area contributed by atoms with Gasteiger partial charge in [-0.15, -0.1) is 5.10 Å². The molecule has 1 saturated heterocycles. The average molecular weight is 410 g/mol. The highest BCUT2D eigenvalue weighted by atomic mass is 15.4. The van der Waals surface area contributed by atoms with Crippen LogP contribution in [0.25, 0.3) is 16.9 Å². The summed E-state index contributed by atoms with van der Waals surface area (Å²) in [5.41, 5.74) is 5.64. The maximum Gasteiger partial charge on any atom is 0.105 e. The topological polar surface area (TPSA) is 46.0 Å². The second kappa shape index (κ2) is 9.25. The van der Waals surface area contributed by atoms with Crippen LogP contribution in [0.5, 0.6) is 0 Å². The lowest BCUT2D eigenvalue weighted by molar-refractivity contribution is 0.150. The first-order valence-corrected chi connectivity index (χ1v) is 10.9. The molecule has 3 aromatic carbocycles. The fraction of sp³-hybridized carbons (Fsp3) is 0.231. The zero-order valence-electron chi connectivity index (χ0n) is 17.6. The van der Waals surface area contributed by atoms with Crippen LogP contribution < -0.4 is 5.32 Å². The molecular weight excluding hydrogens is 382 g/mol. The lowest BCUT2D eigenvalue weighted by Crippen LogP contribution is -2.51. The van der Waals surface area contributed by atoms with Gasteiger partial charge in [0.2, 0.25) is 0 Å². The van der Waals surface area contributed by atoms with Gasteiger partial charge in [0.05, 0.1) is 11.4 Å². The molecule has 0 spiro atoms. The summed E-state index contributed by atoms with van der Waals surface area (Å²) in [6, 6.07) is 31.9. The fourth-order valence-corrected chi connectivity index (χ4v) is 4.35. The van der Waals surface area contributed by atoms with Crippen molar-refractivity contribution >= 4 is 0 Å². The summed E-state index contributed by atoms with van der Waals surface area (Å²) in [5.74, 6) is 0. The number of hydrogen-bond acceptors (Lipinski definition) is 4. The van der Waals surface area contributed by atoms with Gasteiger partial charge in [-0.05, 0) is 24.1 Å². The molecule has 156 valence electrons. The van der Waals surface area contributed by atoms with Crippen molar-refractivity contribution in [1.29, 1.82) is 0 Å². The van der Waals surface area contributed by atoms with E-state index in [1.807, 2.05) is 28.9 Å². The summed E-state index contributed by atoms with van der Waals surface area (Å²) >= 11 is 0. The number of hydrogen-bond donors (Lipinski definition) is 1. The highest BCUT2D eigenvalue weighted by molar-refractivity contribution is 5.64. The van der Waals surface area contributed by atoms with E-state index in [0.717, 1.165) is 55.2 Å². The number of nitrogens with one attached hydrogen (secondary N) is 1. The van der Waals surface area contributed by atoms with Crippen LogP contribution in [0.1, 0.15) is 11.3 Å². The molecular formula is C26H27N5. The first kappa shape index (κ1) is 19.7. The number of rotatable bonds is 6. The normalized spacial score (nSPS) is 17.0. The Morgan fingerprint density at radius 1 is 0.839 bits per heavy atom. The summed E-state index contributed by atoms with van der Waals surface area (Å²) in [7, 11) is 0. The third-order valence-corrected chi connectivity index (χ3v) is 5.93. The quantitative estimate of drug-likeness (QED) is 0.524. The third kappa shape index (κ3) is 4.43. The predicted octanol–water partition coefficient (Wildman–Crippen LogP) is 3.95. The molecule has 1 aliphatic rings. The maximum absolute atomic E-state index is 4.66. The van der Waals surface area contributed by atoms with Crippen molar-refractivity contribution < 1.29 is 0 Å². The van der Waals surface area contributed by atoms with Gasteiger partial charge in [0.25, 0.3) is 0 Å². The van der Waals surface area contributed by atoms with E-state index in [1.165, 1.54) is 5.56 Å². The second-order valence-electron chi connectivity index (χ2n) is 8.02. The van der Waals surface area contributed by atoms with Crippen molar-refractivity contribution in [2.45, 2.75) is 19.0 Å². The van der Waals surface area contributed by atoms with Crippen molar-refractivity contribution in [3.63, 3.8) is 0 Å². The van der Waals surface area contributed by atoms with Crippen molar-refractivity contribution in [3.8, 4) is 16.9 Å². The smallest absolute Gasteiger partial charge is 0.105 e. The Bertz CT molecular complexity index is 1090. The predicted molar refractivity (Wildman–Crippen MR) is 124 cm³/mol. The minimum absolute atomic E-state index is 0.432. The SMILES string of the molecule is c1ccc(C[C@@H]2CNCCN2Cc2nnn(-c3ccccc3)c2-c2ccccc2)cc1. The molecule has 1 fully saturated rings. The van der Waals surface area contributed by atoms with Crippen LogP contribution in [0.4, 0.5) is 0 Å². The first-order chi connectivity index (χ1) is 15.4. The summed E-state index contributed by atoms with van der Waals surface area (Å²) in [5, 5.41) is 12.8. The molecule has 2 heterocycles. The average Bonchev–Trinajstić information content (AvgIpc) is 3.26. The summed E-state index contributed by atoms with van der Waals surface area (Å²) < 4.78 is 1.97. The minimum Gasteiger partial charge on any atom is -0.314 e. The minimum atomic E-state index is 0.432. The Balaban J connectivity index is 1.47.